The molecule has 0 bridgehead atoms. The Kier molecular flexibility index (Phi) is 8.69. The maximum Gasteiger partial charge on any atom is 0.341 e. The molecule has 196 valence electrons. The molecule has 0 saturated carbocycles. The first-order chi connectivity index (χ1) is 17.5. The Morgan fingerprint density at radius 1 is 1.14 bits per heavy atom. The summed E-state index contributed by atoms with van der Waals surface area (Å²) in [7, 11) is 1.57. The fraction of sp³-hybridized carbons (Fsp3) is 0.320. The van der Waals surface area contributed by atoms with Crippen LogP contribution < -0.4 is 5.32 Å². The highest BCUT2D eigenvalue weighted by atomic mass is 19.1. The normalized spacial score (nSPS) is 13.2. The quantitative estimate of drug-likeness (QED) is 0.256. The fourth-order valence-corrected chi connectivity index (χ4v) is 3.67. The van der Waals surface area contributed by atoms with Crippen LogP contribution >= 0.6 is 0 Å². The van der Waals surface area contributed by atoms with Crippen molar-refractivity contribution in [2.45, 2.75) is 44.8 Å². The van der Waals surface area contributed by atoms with Crippen LogP contribution in [0.15, 0.2) is 36.5 Å². The zero-order valence-electron chi connectivity index (χ0n) is 20.5. The number of nitrogens with one attached hydrogen (secondary N) is 1. The van der Waals surface area contributed by atoms with Crippen LogP contribution in [0.25, 0.3) is 17.3 Å². The Morgan fingerprint density at radius 2 is 1.81 bits per heavy atom. The highest BCUT2D eigenvalue weighted by Crippen LogP contribution is 2.32. The molecule has 2 heterocycles. The number of benzene rings is 1. The molecule has 1 aromatic carbocycles. The number of aliphatic hydroxyl groups excluding tert-OH is 2. The number of hydrogen-bond donors (Lipinski definition) is 5. The average molecular weight is 514 g/mol. The lowest BCUT2D eigenvalue weighted by Gasteiger charge is -2.17. The largest absolute Gasteiger partial charge is 0.481 e. The molecule has 0 saturated heterocycles. The number of carboxylic acid groups (broad SMARTS) is 2. The van der Waals surface area contributed by atoms with E-state index < -0.39 is 36.4 Å². The number of nitrogens with zero attached hydrogens (tertiary/aromatic N) is 4. The predicted octanol–water partition coefficient (Wildman–Crippen LogP) is 3.18. The van der Waals surface area contributed by atoms with Crippen LogP contribution in [0.4, 0.5) is 16.2 Å². The van der Waals surface area contributed by atoms with Crippen LogP contribution in [-0.4, -0.2) is 64.3 Å². The molecule has 2 aromatic heterocycles. The van der Waals surface area contributed by atoms with E-state index >= 15 is 0 Å². The van der Waals surface area contributed by atoms with Gasteiger partial charge in [0.25, 0.3) is 0 Å². The number of carboxylic acids is 2. The van der Waals surface area contributed by atoms with E-state index in [4.69, 9.17) is 5.11 Å². The lowest BCUT2D eigenvalue weighted by atomic mass is 9.97. The molecule has 2 atom stereocenters. The zero-order chi connectivity index (χ0) is 27.3. The molecule has 0 spiro atoms. The number of aryl methyl sites for hydroxylation is 1. The van der Waals surface area contributed by atoms with Crippen LogP contribution in [0.2, 0.25) is 0 Å². The van der Waals surface area contributed by atoms with E-state index in [0.717, 1.165) is 0 Å². The van der Waals surface area contributed by atoms with Crippen molar-refractivity contribution in [3.8, 4) is 11.3 Å². The van der Waals surface area contributed by atoms with Crippen LogP contribution in [0, 0.1) is 5.82 Å². The van der Waals surface area contributed by atoms with Crippen molar-refractivity contribution in [1.29, 1.82) is 0 Å². The summed E-state index contributed by atoms with van der Waals surface area (Å²) in [5.74, 6) is -2.71. The van der Waals surface area contributed by atoms with Crippen molar-refractivity contribution >= 4 is 29.8 Å². The van der Waals surface area contributed by atoms with E-state index in [1.807, 2.05) is 13.8 Å². The summed E-state index contributed by atoms with van der Waals surface area (Å²) < 4.78 is 15.0. The molecule has 0 aliphatic rings. The third-order valence-electron chi connectivity index (χ3n) is 5.45. The molecule has 0 amide bonds. The molecule has 37 heavy (non-hydrogen) atoms. The number of aliphatic carboxylic acids is 1. The van der Waals surface area contributed by atoms with Gasteiger partial charge in [-0.1, -0.05) is 26.0 Å². The number of aromatic nitrogens is 4. The van der Waals surface area contributed by atoms with Crippen molar-refractivity contribution in [3.05, 3.63) is 59.2 Å². The van der Waals surface area contributed by atoms with Crippen LogP contribution in [0.5, 0.6) is 0 Å². The summed E-state index contributed by atoms with van der Waals surface area (Å²) >= 11 is 0. The van der Waals surface area contributed by atoms with Crippen LogP contribution in [0.1, 0.15) is 54.2 Å². The predicted molar refractivity (Wildman–Crippen MR) is 133 cm³/mol. The van der Waals surface area contributed by atoms with E-state index in [9.17, 15) is 29.3 Å². The Bertz CT molecular complexity index is 1310. The minimum Gasteiger partial charge on any atom is -0.481 e. The zero-order valence-corrected chi connectivity index (χ0v) is 20.5. The van der Waals surface area contributed by atoms with Gasteiger partial charge in [0.2, 0.25) is 5.95 Å². The van der Waals surface area contributed by atoms with E-state index in [1.54, 1.807) is 13.1 Å². The van der Waals surface area contributed by atoms with Gasteiger partial charge in [-0.25, -0.2) is 19.2 Å². The van der Waals surface area contributed by atoms with Crippen molar-refractivity contribution in [2.75, 3.05) is 5.32 Å². The highest BCUT2D eigenvalue weighted by Gasteiger charge is 2.21. The van der Waals surface area contributed by atoms with E-state index in [2.05, 4.69) is 20.4 Å². The molecule has 3 rings (SSSR count). The smallest absolute Gasteiger partial charge is 0.341 e. The average Bonchev–Trinajstić information content (AvgIpc) is 3.17. The van der Waals surface area contributed by atoms with Gasteiger partial charge < -0.3 is 25.7 Å². The molecule has 11 nitrogen and oxygen atoms in total. The van der Waals surface area contributed by atoms with Crippen molar-refractivity contribution < 1.29 is 34.4 Å². The van der Waals surface area contributed by atoms with Gasteiger partial charge in [0.15, 0.2) is 0 Å². The molecule has 0 fully saturated rings. The van der Waals surface area contributed by atoms with E-state index in [1.165, 1.54) is 41.2 Å². The standard InChI is InChI=1S/C25H28FN5O6/c1-13(2)21-18(9-8-16(32)10-17(33)11-20(34)35)22(14-4-6-15(26)7-5-14)29-25(28-21)30-23-19(24(36)37)12-27-31(23)3/h4-9,12-13,16-17,32-33H,10-11H2,1-3H3,(H,34,35)(H,36,37)(H,28,29,30)/t16-,17-/m1/s1. The first kappa shape index (κ1) is 27.4. The number of rotatable bonds is 11. The monoisotopic (exact) mass is 513 g/mol. The fourth-order valence-electron chi connectivity index (χ4n) is 3.67. The summed E-state index contributed by atoms with van der Waals surface area (Å²) in [4.78, 5) is 31.6. The first-order valence-electron chi connectivity index (χ1n) is 11.4. The number of halogens is 1. The van der Waals surface area contributed by atoms with E-state index in [-0.39, 0.29) is 29.7 Å². The third-order valence-corrected chi connectivity index (χ3v) is 5.45. The van der Waals surface area contributed by atoms with Gasteiger partial charge in [0, 0.05) is 24.6 Å². The molecule has 12 heteroatoms. The minimum atomic E-state index is -1.23. The van der Waals surface area contributed by atoms with Gasteiger partial charge in [-0.15, -0.1) is 0 Å². The third kappa shape index (κ3) is 6.96. The van der Waals surface area contributed by atoms with Crippen molar-refractivity contribution in [1.82, 2.24) is 19.7 Å². The van der Waals surface area contributed by atoms with Gasteiger partial charge in [-0.2, -0.15) is 5.10 Å². The number of anilines is 2. The lowest BCUT2D eigenvalue weighted by molar-refractivity contribution is -0.139. The van der Waals surface area contributed by atoms with Gasteiger partial charge in [-0.3, -0.25) is 9.48 Å². The van der Waals surface area contributed by atoms with Crippen molar-refractivity contribution in [3.63, 3.8) is 0 Å². The molecular weight excluding hydrogens is 485 g/mol. The number of aromatic carboxylic acids is 1. The Hall–Kier alpha value is -4.16. The summed E-state index contributed by atoms with van der Waals surface area (Å²) in [6, 6.07) is 5.60. The summed E-state index contributed by atoms with van der Waals surface area (Å²) in [5.41, 5.74) is 1.91. The Morgan fingerprint density at radius 3 is 2.41 bits per heavy atom. The second kappa shape index (κ2) is 11.7. The molecule has 0 radical (unpaired) electrons. The van der Waals surface area contributed by atoms with Gasteiger partial charge in [0.05, 0.1) is 36.2 Å². The minimum absolute atomic E-state index is 0.0763. The van der Waals surface area contributed by atoms with Crippen molar-refractivity contribution in [2.24, 2.45) is 7.05 Å². The first-order valence-corrected chi connectivity index (χ1v) is 11.4. The Labute approximate surface area is 211 Å². The summed E-state index contributed by atoms with van der Waals surface area (Å²) in [5, 5.41) is 45.4. The maximum atomic E-state index is 13.6. The van der Waals surface area contributed by atoms with Gasteiger partial charge >= 0.3 is 11.9 Å². The lowest BCUT2D eigenvalue weighted by Crippen LogP contribution is -2.19. The second-order valence-electron chi connectivity index (χ2n) is 8.73. The SMILES string of the molecule is CC(C)c1nc(Nc2c(C(=O)O)cnn2C)nc(-c2ccc(F)cc2)c1C=C[C@@H](O)C[C@@H](O)CC(=O)O. The molecular formula is C25H28FN5O6. The van der Waals surface area contributed by atoms with Crippen LogP contribution in [0.3, 0.4) is 0 Å². The molecule has 3 aromatic rings. The number of carbonyl (C=O) groups is 2. The van der Waals surface area contributed by atoms with E-state index in [0.29, 0.717) is 22.5 Å². The van der Waals surface area contributed by atoms with Gasteiger partial charge in [-0.05, 0) is 30.2 Å². The highest BCUT2D eigenvalue weighted by molar-refractivity contribution is 5.93. The Balaban J connectivity index is 2.09. The molecule has 0 aliphatic carbocycles. The van der Waals surface area contributed by atoms with Crippen LogP contribution in [-0.2, 0) is 11.8 Å². The number of hydrogen-bond acceptors (Lipinski definition) is 8. The number of aliphatic hydroxyl groups is 2. The second-order valence-corrected chi connectivity index (χ2v) is 8.73. The molecule has 0 unspecified atom stereocenters. The molecule has 5 N–H and O–H groups in total. The maximum absolute atomic E-state index is 13.6. The topological polar surface area (TPSA) is 171 Å². The molecule has 0 aliphatic heterocycles. The summed E-state index contributed by atoms with van der Waals surface area (Å²) in [6.45, 7) is 3.77. The van der Waals surface area contributed by atoms with Gasteiger partial charge in [0.1, 0.15) is 17.2 Å². The summed E-state index contributed by atoms with van der Waals surface area (Å²) in [6.07, 6.45) is 1.10.